The van der Waals surface area contributed by atoms with E-state index in [1.807, 2.05) is 0 Å². The molecule has 2 rings (SSSR count). The number of benzene rings is 1. The van der Waals surface area contributed by atoms with Crippen LogP contribution in [0.3, 0.4) is 0 Å². The van der Waals surface area contributed by atoms with Crippen LogP contribution in [0.2, 0.25) is 0 Å². The third-order valence-corrected chi connectivity index (χ3v) is 5.83. The number of aryl methyl sites for hydroxylation is 1. The van der Waals surface area contributed by atoms with Crippen molar-refractivity contribution in [1.29, 1.82) is 0 Å². The van der Waals surface area contributed by atoms with Gasteiger partial charge in [-0.2, -0.15) is 0 Å². The Morgan fingerprint density at radius 1 is 1.40 bits per heavy atom. The van der Waals surface area contributed by atoms with Gasteiger partial charge < -0.3 is 5.11 Å². The lowest BCUT2D eigenvalue weighted by Crippen LogP contribution is -2.34. The van der Waals surface area contributed by atoms with Gasteiger partial charge in [0.25, 0.3) is 0 Å². The lowest BCUT2D eigenvalue weighted by Gasteiger charge is -2.30. The van der Waals surface area contributed by atoms with Crippen LogP contribution in [0.4, 0.5) is 0 Å². The molecule has 1 saturated carbocycles. The fourth-order valence-electron chi connectivity index (χ4n) is 2.32. The highest BCUT2D eigenvalue weighted by molar-refractivity contribution is 7.89. The van der Waals surface area contributed by atoms with E-state index in [1.54, 1.807) is 14.0 Å². The second kappa shape index (κ2) is 5.54. The first kappa shape index (κ1) is 15.0. The number of hydrogen-bond acceptors (Lipinski definition) is 3. The van der Waals surface area contributed by atoms with Crippen molar-refractivity contribution in [1.82, 2.24) is 4.31 Å². The van der Waals surface area contributed by atoms with Crippen LogP contribution in [-0.2, 0) is 10.0 Å². The summed E-state index contributed by atoms with van der Waals surface area (Å²) in [6, 6.07) is 4.19. The minimum Gasteiger partial charge on any atom is -0.478 e. The zero-order valence-electron chi connectivity index (χ0n) is 11.7. The number of aromatic carboxylic acids is 1. The van der Waals surface area contributed by atoms with Gasteiger partial charge in [-0.25, -0.2) is 17.5 Å². The van der Waals surface area contributed by atoms with Gasteiger partial charge in [0.2, 0.25) is 10.0 Å². The molecule has 0 saturated heterocycles. The SMILES string of the molecule is Cc1ccc(C(=O)O)cc1S(=O)(=O)N(C)CC1CCC1. The topological polar surface area (TPSA) is 74.7 Å². The van der Waals surface area contributed by atoms with Crippen LogP contribution >= 0.6 is 0 Å². The van der Waals surface area contributed by atoms with Crippen molar-refractivity contribution in [3.8, 4) is 0 Å². The normalized spacial score (nSPS) is 16.1. The largest absolute Gasteiger partial charge is 0.478 e. The molecule has 110 valence electrons. The number of carboxylic acid groups (broad SMARTS) is 1. The number of carbonyl (C=O) groups is 1. The summed E-state index contributed by atoms with van der Waals surface area (Å²) in [5.74, 6) is -0.694. The zero-order chi connectivity index (χ0) is 14.9. The summed E-state index contributed by atoms with van der Waals surface area (Å²) in [6.07, 6.45) is 3.29. The van der Waals surface area contributed by atoms with Crippen molar-refractivity contribution in [2.24, 2.45) is 5.92 Å². The summed E-state index contributed by atoms with van der Waals surface area (Å²) >= 11 is 0. The van der Waals surface area contributed by atoms with E-state index in [4.69, 9.17) is 5.11 Å². The van der Waals surface area contributed by atoms with E-state index in [9.17, 15) is 13.2 Å². The van der Waals surface area contributed by atoms with Gasteiger partial charge in [0.05, 0.1) is 10.5 Å². The number of hydrogen-bond donors (Lipinski definition) is 1. The first-order valence-electron chi connectivity index (χ1n) is 6.62. The molecule has 6 heteroatoms. The molecule has 5 nitrogen and oxygen atoms in total. The zero-order valence-corrected chi connectivity index (χ0v) is 12.5. The predicted octanol–water partition coefficient (Wildman–Crippen LogP) is 2.11. The molecule has 1 fully saturated rings. The van der Waals surface area contributed by atoms with Crippen molar-refractivity contribution in [2.75, 3.05) is 13.6 Å². The monoisotopic (exact) mass is 297 g/mol. The molecule has 1 aliphatic rings. The average molecular weight is 297 g/mol. The van der Waals surface area contributed by atoms with Crippen LogP contribution in [0.25, 0.3) is 0 Å². The molecule has 1 aromatic carbocycles. The molecule has 0 bridgehead atoms. The maximum Gasteiger partial charge on any atom is 0.335 e. The molecule has 1 aliphatic carbocycles. The minimum atomic E-state index is -3.63. The van der Waals surface area contributed by atoms with E-state index in [2.05, 4.69) is 0 Å². The van der Waals surface area contributed by atoms with Crippen molar-refractivity contribution >= 4 is 16.0 Å². The summed E-state index contributed by atoms with van der Waals surface area (Å²) in [7, 11) is -2.07. The second-order valence-electron chi connectivity index (χ2n) is 5.37. The molecule has 0 spiro atoms. The van der Waals surface area contributed by atoms with Crippen LogP contribution in [0.1, 0.15) is 35.2 Å². The number of carboxylic acids is 1. The molecule has 0 radical (unpaired) electrons. The van der Waals surface area contributed by atoms with Gasteiger partial charge in [-0.3, -0.25) is 0 Å². The Balaban J connectivity index is 2.32. The van der Waals surface area contributed by atoms with Gasteiger partial charge in [-0.15, -0.1) is 0 Å². The highest BCUT2D eigenvalue weighted by atomic mass is 32.2. The Morgan fingerprint density at radius 2 is 2.05 bits per heavy atom. The molecular formula is C14H19NO4S. The van der Waals surface area contributed by atoms with Crippen molar-refractivity contribution < 1.29 is 18.3 Å². The Hall–Kier alpha value is -1.40. The van der Waals surface area contributed by atoms with Gasteiger partial charge >= 0.3 is 5.97 Å². The molecule has 1 aromatic rings. The van der Waals surface area contributed by atoms with Crippen LogP contribution < -0.4 is 0 Å². The maximum absolute atomic E-state index is 12.5. The van der Waals surface area contributed by atoms with E-state index < -0.39 is 16.0 Å². The lowest BCUT2D eigenvalue weighted by atomic mass is 9.86. The molecule has 0 aliphatic heterocycles. The van der Waals surface area contributed by atoms with Gasteiger partial charge in [0.1, 0.15) is 0 Å². The summed E-state index contributed by atoms with van der Waals surface area (Å²) in [6.45, 7) is 2.18. The van der Waals surface area contributed by atoms with Crippen LogP contribution in [0.5, 0.6) is 0 Å². The molecule has 20 heavy (non-hydrogen) atoms. The van der Waals surface area contributed by atoms with Gasteiger partial charge in [-0.1, -0.05) is 12.5 Å². The van der Waals surface area contributed by atoms with E-state index >= 15 is 0 Å². The molecule has 0 heterocycles. The molecule has 0 atom stereocenters. The standard InChI is InChI=1S/C14H19NO4S/c1-10-6-7-12(14(16)17)8-13(10)20(18,19)15(2)9-11-4-3-5-11/h6-8,11H,3-5,9H2,1-2H3,(H,16,17). The van der Waals surface area contributed by atoms with Crippen LogP contribution in [-0.4, -0.2) is 37.4 Å². The fraction of sp³-hybridized carbons (Fsp3) is 0.500. The van der Waals surface area contributed by atoms with Crippen molar-refractivity contribution in [3.63, 3.8) is 0 Å². The van der Waals surface area contributed by atoms with E-state index in [0.717, 1.165) is 19.3 Å². The number of nitrogens with zero attached hydrogens (tertiary/aromatic N) is 1. The molecule has 1 N–H and O–H groups in total. The first-order valence-corrected chi connectivity index (χ1v) is 8.06. The minimum absolute atomic E-state index is 0.00813. The Morgan fingerprint density at radius 3 is 2.55 bits per heavy atom. The smallest absolute Gasteiger partial charge is 0.335 e. The quantitative estimate of drug-likeness (QED) is 0.903. The average Bonchev–Trinajstić information content (AvgIpc) is 2.33. The molecule has 0 amide bonds. The maximum atomic E-state index is 12.5. The summed E-state index contributed by atoms with van der Waals surface area (Å²) in [4.78, 5) is 11.1. The van der Waals surface area contributed by atoms with Gasteiger partial charge in [-0.05, 0) is 43.4 Å². The first-order chi connectivity index (χ1) is 9.32. The highest BCUT2D eigenvalue weighted by Gasteiger charge is 2.28. The fourth-order valence-corrected chi connectivity index (χ4v) is 3.81. The number of sulfonamides is 1. The van der Waals surface area contributed by atoms with E-state index in [-0.39, 0.29) is 10.5 Å². The highest BCUT2D eigenvalue weighted by Crippen LogP contribution is 2.29. The Bertz CT molecular complexity index is 620. The van der Waals surface area contributed by atoms with Crippen molar-refractivity contribution in [3.05, 3.63) is 29.3 Å². The summed E-state index contributed by atoms with van der Waals surface area (Å²) < 4.78 is 26.4. The Kier molecular flexibility index (Phi) is 4.15. The Labute approximate surface area is 119 Å². The van der Waals surface area contributed by atoms with Crippen LogP contribution in [0, 0.1) is 12.8 Å². The van der Waals surface area contributed by atoms with Crippen LogP contribution in [0.15, 0.2) is 23.1 Å². The predicted molar refractivity (Wildman–Crippen MR) is 75.3 cm³/mol. The molecule has 0 aromatic heterocycles. The van der Waals surface area contributed by atoms with E-state index in [0.29, 0.717) is 18.0 Å². The summed E-state index contributed by atoms with van der Waals surface area (Å²) in [5, 5.41) is 8.99. The van der Waals surface area contributed by atoms with E-state index in [1.165, 1.54) is 22.5 Å². The number of rotatable bonds is 5. The van der Waals surface area contributed by atoms with Gasteiger partial charge in [0.15, 0.2) is 0 Å². The molecular weight excluding hydrogens is 278 g/mol. The third kappa shape index (κ3) is 2.86. The second-order valence-corrected chi connectivity index (χ2v) is 7.38. The third-order valence-electron chi connectivity index (χ3n) is 3.86. The lowest BCUT2D eigenvalue weighted by molar-refractivity contribution is 0.0696. The van der Waals surface area contributed by atoms with Crippen molar-refractivity contribution in [2.45, 2.75) is 31.1 Å². The van der Waals surface area contributed by atoms with Gasteiger partial charge in [0, 0.05) is 13.6 Å². The summed E-state index contributed by atoms with van der Waals surface area (Å²) in [5.41, 5.74) is 0.557. The molecule has 0 unspecified atom stereocenters.